The van der Waals surface area contributed by atoms with E-state index < -0.39 is 51.8 Å². The average molecular weight is 915 g/mol. The summed E-state index contributed by atoms with van der Waals surface area (Å²) < 4.78 is 49.9. The molecule has 4 atom stereocenters. The lowest BCUT2D eigenvalue weighted by Crippen LogP contribution is -2.74. The normalized spacial score (nSPS) is 23.2. The molecule has 1 saturated carbocycles. The maximum atomic E-state index is 16.0. The molecule has 0 aromatic heterocycles. The zero-order chi connectivity index (χ0) is 46.8. The van der Waals surface area contributed by atoms with E-state index in [4.69, 9.17) is 37.4 Å². The van der Waals surface area contributed by atoms with Crippen molar-refractivity contribution in [2.45, 2.75) is 97.4 Å². The molecule has 1 heterocycles. The molecule has 1 aliphatic heterocycles. The molecule has 0 spiro atoms. The number of carbonyl (C=O) groups is 2. The number of nitrogens with zero attached hydrogens (tertiary/aromatic N) is 2. The largest absolute Gasteiger partial charge is 0.491 e. The Bertz CT molecular complexity index is 2450. The number of hydrogen-bond acceptors (Lipinski definition) is 8. The molecule has 6 rings (SSSR count). The molecule has 1 unspecified atom stereocenters. The summed E-state index contributed by atoms with van der Waals surface area (Å²) in [5.41, 5.74) is -1.25. The van der Waals surface area contributed by atoms with Crippen LogP contribution in [0, 0.1) is 57.5 Å². The average Bonchev–Trinajstić information content (AvgIpc) is 3.55. The third kappa shape index (κ3) is 9.72. The number of rotatable bonds is 15. The molecule has 0 radical (unpaired) electrons. The summed E-state index contributed by atoms with van der Waals surface area (Å²) in [6.07, 6.45) is 0.140. The first-order chi connectivity index (χ1) is 30.1. The van der Waals surface area contributed by atoms with E-state index in [1.165, 1.54) is 18.2 Å². The standard InChI is InChI=1S/C50H55Cl2F2N5O5/c1-29-12-19-35(38(53)24-29)50(28-56)39(26-47(2,3)4)58-42(40(50)34-10-9-11-36(51)41(34)54)44(61)57-20-21-62-22-23-63-32-16-13-30(14-17-32)43(60)59-45-48(5,6)46(49(45,7)8)64-33-18-15-31(27-55)37(52)25-33/h9-19,24-25,39-40,42,45-46,58H,20-23,26H2,1-8H3,(H,57,61)(H,59,60)/t39-,40-,42?,45-,46-,50-/m0/s1. The van der Waals surface area contributed by atoms with E-state index in [1.54, 1.807) is 67.6 Å². The highest BCUT2D eigenvalue weighted by atomic mass is 35.5. The summed E-state index contributed by atoms with van der Waals surface area (Å²) >= 11 is 12.5. The minimum Gasteiger partial charge on any atom is -0.491 e. The first kappa shape index (κ1) is 48.2. The molecule has 1 aliphatic carbocycles. The van der Waals surface area contributed by atoms with Crippen LogP contribution >= 0.6 is 23.2 Å². The fraction of sp³-hybridized carbons (Fsp3) is 0.440. The summed E-state index contributed by atoms with van der Waals surface area (Å²) in [7, 11) is 0. The molecule has 2 aliphatic rings. The van der Waals surface area contributed by atoms with Gasteiger partial charge in [0, 0.05) is 52.6 Å². The summed E-state index contributed by atoms with van der Waals surface area (Å²) in [5.74, 6) is -2.16. The van der Waals surface area contributed by atoms with Crippen molar-refractivity contribution in [1.82, 2.24) is 16.0 Å². The quantitative estimate of drug-likeness (QED) is 0.100. The van der Waals surface area contributed by atoms with Crippen molar-refractivity contribution in [3.05, 3.63) is 128 Å². The van der Waals surface area contributed by atoms with Crippen molar-refractivity contribution in [3.63, 3.8) is 0 Å². The van der Waals surface area contributed by atoms with Gasteiger partial charge in [0.05, 0.1) is 40.9 Å². The van der Waals surface area contributed by atoms with Crippen LogP contribution in [-0.2, 0) is 14.9 Å². The van der Waals surface area contributed by atoms with Crippen LogP contribution in [0.4, 0.5) is 8.78 Å². The molecule has 4 aromatic carbocycles. The minimum absolute atomic E-state index is 0.0402. The zero-order valence-corrected chi connectivity index (χ0v) is 38.9. The van der Waals surface area contributed by atoms with Crippen molar-refractivity contribution < 1.29 is 32.6 Å². The summed E-state index contributed by atoms with van der Waals surface area (Å²) in [6, 6.07) is 23.2. The van der Waals surface area contributed by atoms with E-state index in [1.807, 2.05) is 54.5 Å². The number of halogens is 4. The van der Waals surface area contributed by atoms with E-state index >= 15 is 8.78 Å². The highest BCUT2D eigenvalue weighted by Crippen LogP contribution is 2.56. The van der Waals surface area contributed by atoms with Crippen LogP contribution in [0.3, 0.4) is 0 Å². The van der Waals surface area contributed by atoms with Gasteiger partial charge < -0.3 is 30.2 Å². The van der Waals surface area contributed by atoms with Gasteiger partial charge in [0.25, 0.3) is 5.91 Å². The Labute approximate surface area is 384 Å². The van der Waals surface area contributed by atoms with Crippen LogP contribution in [0.25, 0.3) is 0 Å². The summed E-state index contributed by atoms with van der Waals surface area (Å²) in [4.78, 5) is 27.4. The van der Waals surface area contributed by atoms with Gasteiger partial charge in [0.15, 0.2) is 0 Å². The van der Waals surface area contributed by atoms with Crippen LogP contribution in [0.5, 0.6) is 11.5 Å². The molecular weight excluding hydrogens is 859 g/mol. The fourth-order valence-corrected chi connectivity index (χ4v) is 10.3. The Morgan fingerprint density at radius 1 is 0.875 bits per heavy atom. The molecule has 4 aromatic rings. The van der Waals surface area contributed by atoms with Gasteiger partial charge >= 0.3 is 0 Å². The summed E-state index contributed by atoms with van der Waals surface area (Å²) in [5, 5.41) is 29.8. The molecule has 14 heteroatoms. The zero-order valence-electron chi connectivity index (χ0n) is 37.4. The Kier molecular flexibility index (Phi) is 14.4. The highest BCUT2D eigenvalue weighted by Gasteiger charge is 2.64. The molecule has 2 fully saturated rings. The first-order valence-corrected chi connectivity index (χ1v) is 22.0. The van der Waals surface area contributed by atoms with Crippen LogP contribution in [-0.4, -0.2) is 62.4 Å². The molecule has 2 amide bonds. The number of nitrogens with one attached hydrogen (secondary N) is 3. The van der Waals surface area contributed by atoms with Gasteiger partial charge in [-0.05, 0) is 78.4 Å². The van der Waals surface area contributed by atoms with Gasteiger partial charge in [-0.1, -0.05) is 95.9 Å². The van der Waals surface area contributed by atoms with E-state index in [2.05, 4.69) is 22.0 Å². The van der Waals surface area contributed by atoms with E-state index in [-0.39, 0.29) is 66.0 Å². The number of benzene rings is 4. The predicted octanol–water partition coefficient (Wildman–Crippen LogP) is 9.60. The summed E-state index contributed by atoms with van der Waals surface area (Å²) in [6.45, 7) is 16.5. The van der Waals surface area contributed by atoms with Gasteiger partial charge in [0.2, 0.25) is 5.91 Å². The molecular formula is C50H55Cl2F2N5O5. The monoisotopic (exact) mass is 913 g/mol. The lowest BCUT2D eigenvalue weighted by molar-refractivity contribution is -0.164. The van der Waals surface area contributed by atoms with Crippen LogP contribution in [0.1, 0.15) is 93.4 Å². The third-order valence-corrected chi connectivity index (χ3v) is 13.1. The van der Waals surface area contributed by atoms with Gasteiger partial charge in [-0.25, -0.2) is 8.78 Å². The second kappa shape index (κ2) is 19.1. The van der Waals surface area contributed by atoms with Gasteiger partial charge in [-0.15, -0.1) is 0 Å². The molecule has 338 valence electrons. The van der Waals surface area contributed by atoms with Gasteiger partial charge in [-0.3, -0.25) is 9.59 Å². The molecule has 1 saturated heterocycles. The second-order valence-corrected chi connectivity index (χ2v) is 19.9. The molecule has 0 bridgehead atoms. The topological polar surface area (TPSA) is 146 Å². The highest BCUT2D eigenvalue weighted by molar-refractivity contribution is 6.32. The number of aryl methyl sites for hydroxylation is 1. The second-order valence-electron chi connectivity index (χ2n) is 19.1. The Morgan fingerprint density at radius 3 is 2.19 bits per heavy atom. The number of hydrogen-bond donors (Lipinski definition) is 3. The van der Waals surface area contributed by atoms with Crippen molar-refractivity contribution in [2.75, 3.05) is 26.4 Å². The van der Waals surface area contributed by atoms with Crippen molar-refractivity contribution in [3.8, 4) is 23.6 Å². The Balaban J connectivity index is 1.02. The maximum Gasteiger partial charge on any atom is 0.251 e. The maximum absolute atomic E-state index is 16.0. The first-order valence-electron chi connectivity index (χ1n) is 21.3. The number of amides is 2. The fourth-order valence-electron chi connectivity index (χ4n) is 9.88. The SMILES string of the molecule is Cc1ccc([C@@]2(C#N)[C@H](CC(C)(C)C)NC(C(=O)NCCOCCOc3ccc(C(=O)N[C@H]4C(C)(C)[C@H](Oc5ccc(C#N)c(Cl)c5)C4(C)C)cc3)[C@@H]2c2cccc(Cl)c2F)c(F)c1. The Hall–Kier alpha value is -5.24. The van der Waals surface area contributed by atoms with Gasteiger partial charge in [-0.2, -0.15) is 10.5 Å². The Morgan fingerprint density at radius 2 is 1.56 bits per heavy atom. The number of ether oxygens (including phenoxy) is 3. The van der Waals surface area contributed by atoms with E-state index in [9.17, 15) is 20.1 Å². The van der Waals surface area contributed by atoms with E-state index in [0.29, 0.717) is 39.6 Å². The number of nitriles is 2. The number of carbonyl (C=O) groups excluding carboxylic acids is 2. The van der Waals surface area contributed by atoms with Crippen LogP contribution in [0.2, 0.25) is 10.0 Å². The lowest BCUT2D eigenvalue weighted by Gasteiger charge is -2.63. The smallest absolute Gasteiger partial charge is 0.251 e. The van der Waals surface area contributed by atoms with Crippen LogP contribution < -0.4 is 25.4 Å². The van der Waals surface area contributed by atoms with Crippen molar-refractivity contribution in [2.24, 2.45) is 16.2 Å². The predicted molar refractivity (Wildman–Crippen MR) is 243 cm³/mol. The molecule has 3 N–H and O–H groups in total. The molecule has 64 heavy (non-hydrogen) atoms. The van der Waals surface area contributed by atoms with Crippen LogP contribution in [0.15, 0.2) is 78.9 Å². The van der Waals surface area contributed by atoms with Crippen molar-refractivity contribution >= 4 is 35.0 Å². The van der Waals surface area contributed by atoms with Crippen molar-refractivity contribution in [1.29, 1.82) is 10.5 Å². The van der Waals surface area contributed by atoms with E-state index in [0.717, 1.165) is 0 Å². The van der Waals surface area contributed by atoms with Gasteiger partial charge in [0.1, 0.15) is 47.3 Å². The lowest BCUT2D eigenvalue weighted by atomic mass is 9.49. The molecule has 10 nitrogen and oxygen atoms in total. The third-order valence-electron chi connectivity index (χ3n) is 12.5. The minimum atomic E-state index is -1.68.